The summed E-state index contributed by atoms with van der Waals surface area (Å²) < 4.78 is 36.6. The average molecular weight is 219 g/mol. The topological polar surface area (TPSA) is 54.9 Å². The maximum Gasteiger partial charge on any atom is 0.433 e. The van der Waals surface area contributed by atoms with Crippen LogP contribution in [-0.2, 0) is 11.0 Å². The van der Waals surface area contributed by atoms with Crippen LogP contribution in [0.1, 0.15) is 19.0 Å². The molecular weight excluding hydrogens is 211 g/mol. The fraction of sp³-hybridized carbons (Fsp3) is 0.375. The molecule has 82 valence electrons. The number of carbonyl (C=O) groups excluding carboxylic acids is 1. The molecule has 0 saturated heterocycles. The molecule has 0 atom stereocenters. The third-order valence-corrected chi connectivity index (χ3v) is 1.52. The number of anilines is 1. The van der Waals surface area contributed by atoms with Crippen molar-refractivity contribution in [3.8, 4) is 0 Å². The Balaban J connectivity index is 2.88. The molecule has 1 rings (SSSR count). The molecule has 0 spiro atoms. The van der Waals surface area contributed by atoms with E-state index >= 15 is 0 Å². The molecule has 15 heavy (non-hydrogen) atoms. The minimum atomic E-state index is -4.53. The Bertz CT molecular complexity index is 364. The summed E-state index contributed by atoms with van der Waals surface area (Å²) in [7, 11) is 0. The summed E-state index contributed by atoms with van der Waals surface area (Å²) in [6.45, 7) is 1.57. The van der Waals surface area contributed by atoms with E-state index in [0.29, 0.717) is 0 Å². The third kappa shape index (κ3) is 3.19. The van der Waals surface area contributed by atoms with Crippen molar-refractivity contribution < 1.29 is 18.0 Å². The van der Waals surface area contributed by atoms with Gasteiger partial charge in [-0.05, 0) is 6.07 Å². The van der Waals surface area contributed by atoms with Crippen LogP contribution in [0.2, 0.25) is 0 Å². The molecule has 0 aliphatic rings. The fourth-order valence-electron chi connectivity index (χ4n) is 0.790. The lowest BCUT2D eigenvalue weighted by Crippen LogP contribution is -2.15. The standard InChI is InChI=1S/C8H8F3N3O/c1-2-6(15)14-7-12-4-3-5(13-7)8(9,10)11/h3-4H,2H2,1H3,(H,12,13,14,15). The minimum absolute atomic E-state index is 0.152. The molecule has 4 nitrogen and oxygen atoms in total. The number of hydrogen-bond donors (Lipinski definition) is 1. The van der Waals surface area contributed by atoms with Gasteiger partial charge in [-0.15, -0.1) is 0 Å². The monoisotopic (exact) mass is 219 g/mol. The van der Waals surface area contributed by atoms with E-state index in [4.69, 9.17) is 0 Å². The van der Waals surface area contributed by atoms with E-state index in [9.17, 15) is 18.0 Å². The van der Waals surface area contributed by atoms with Crippen LogP contribution >= 0.6 is 0 Å². The van der Waals surface area contributed by atoms with Crippen LogP contribution in [0.3, 0.4) is 0 Å². The fourth-order valence-corrected chi connectivity index (χ4v) is 0.790. The third-order valence-electron chi connectivity index (χ3n) is 1.52. The molecule has 0 bridgehead atoms. The maximum absolute atomic E-state index is 12.2. The molecule has 1 amide bonds. The minimum Gasteiger partial charge on any atom is -0.295 e. The van der Waals surface area contributed by atoms with Crippen molar-refractivity contribution in [2.45, 2.75) is 19.5 Å². The van der Waals surface area contributed by atoms with Gasteiger partial charge in [0.1, 0.15) is 5.69 Å². The van der Waals surface area contributed by atoms with E-state index < -0.39 is 17.8 Å². The first-order chi connectivity index (χ1) is 6.93. The highest BCUT2D eigenvalue weighted by molar-refractivity contribution is 5.88. The lowest BCUT2D eigenvalue weighted by molar-refractivity contribution is -0.141. The van der Waals surface area contributed by atoms with Crippen molar-refractivity contribution in [1.82, 2.24) is 9.97 Å². The largest absolute Gasteiger partial charge is 0.433 e. The Labute approximate surface area is 83.5 Å². The second-order valence-corrected chi connectivity index (χ2v) is 2.66. The lowest BCUT2D eigenvalue weighted by Gasteiger charge is -2.06. The summed E-state index contributed by atoms with van der Waals surface area (Å²) in [5.74, 6) is -0.772. The van der Waals surface area contributed by atoms with Gasteiger partial charge in [-0.2, -0.15) is 13.2 Å². The molecule has 1 N–H and O–H groups in total. The van der Waals surface area contributed by atoms with Crippen LogP contribution in [0.5, 0.6) is 0 Å². The Kier molecular flexibility index (Phi) is 3.23. The molecule has 0 saturated carbocycles. The molecule has 1 aromatic heterocycles. The predicted molar refractivity (Wildman–Crippen MR) is 46.0 cm³/mol. The van der Waals surface area contributed by atoms with Crippen LogP contribution in [0, 0.1) is 0 Å². The second kappa shape index (κ2) is 4.24. The molecular formula is C8H8F3N3O. The SMILES string of the molecule is CCC(=O)Nc1nccc(C(F)(F)F)n1. The Morgan fingerprint density at radius 1 is 1.53 bits per heavy atom. The Morgan fingerprint density at radius 2 is 2.20 bits per heavy atom. The zero-order chi connectivity index (χ0) is 11.5. The molecule has 0 unspecified atom stereocenters. The Morgan fingerprint density at radius 3 is 2.73 bits per heavy atom. The van der Waals surface area contributed by atoms with Crippen LogP contribution < -0.4 is 5.32 Å². The van der Waals surface area contributed by atoms with Gasteiger partial charge in [0.25, 0.3) is 0 Å². The van der Waals surface area contributed by atoms with Gasteiger partial charge in [0.15, 0.2) is 0 Å². The maximum atomic E-state index is 12.2. The highest BCUT2D eigenvalue weighted by Gasteiger charge is 2.32. The lowest BCUT2D eigenvalue weighted by atomic mass is 10.4. The second-order valence-electron chi connectivity index (χ2n) is 2.66. The van der Waals surface area contributed by atoms with E-state index in [1.807, 2.05) is 0 Å². The summed E-state index contributed by atoms with van der Waals surface area (Å²) in [4.78, 5) is 17.5. The number of nitrogens with zero attached hydrogens (tertiary/aromatic N) is 2. The van der Waals surface area contributed by atoms with E-state index in [1.54, 1.807) is 6.92 Å². The van der Waals surface area contributed by atoms with Crippen LogP contribution in [-0.4, -0.2) is 15.9 Å². The molecule has 1 aromatic rings. The molecule has 7 heteroatoms. The highest BCUT2D eigenvalue weighted by atomic mass is 19.4. The number of halogens is 3. The van der Waals surface area contributed by atoms with Crippen molar-refractivity contribution in [2.24, 2.45) is 0 Å². The van der Waals surface area contributed by atoms with Crippen molar-refractivity contribution >= 4 is 11.9 Å². The number of nitrogens with one attached hydrogen (secondary N) is 1. The van der Waals surface area contributed by atoms with Gasteiger partial charge in [-0.1, -0.05) is 6.92 Å². The molecule has 1 heterocycles. The van der Waals surface area contributed by atoms with Crippen molar-refractivity contribution in [2.75, 3.05) is 5.32 Å². The molecule has 0 fully saturated rings. The van der Waals surface area contributed by atoms with Gasteiger partial charge in [0.05, 0.1) is 0 Å². The summed E-state index contributed by atoms with van der Waals surface area (Å²) in [6, 6.07) is 0.738. The van der Waals surface area contributed by atoms with Crippen LogP contribution in [0.25, 0.3) is 0 Å². The smallest absolute Gasteiger partial charge is 0.295 e. The quantitative estimate of drug-likeness (QED) is 0.825. The van der Waals surface area contributed by atoms with E-state index in [1.165, 1.54) is 0 Å². The number of carbonyl (C=O) groups is 1. The highest BCUT2D eigenvalue weighted by Crippen LogP contribution is 2.27. The van der Waals surface area contributed by atoms with Gasteiger partial charge in [-0.3, -0.25) is 10.1 Å². The van der Waals surface area contributed by atoms with Gasteiger partial charge < -0.3 is 0 Å². The number of amides is 1. The van der Waals surface area contributed by atoms with Crippen molar-refractivity contribution in [1.29, 1.82) is 0 Å². The number of aromatic nitrogens is 2. The number of rotatable bonds is 2. The summed E-state index contributed by atoms with van der Waals surface area (Å²) in [5, 5.41) is 2.14. The normalized spacial score (nSPS) is 11.2. The molecule has 0 aliphatic heterocycles. The average Bonchev–Trinajstić information content (AvgIpc) is 2.17. The Hall–Kier alpha value is -1.66. The zero-order valence-electron chi connectivity index (χ0n) is 7.80. The molecule has 0 aliphatic carbocycles. The van der Waals surface area contributed by atoms with Gasteiger partial charge >= 0.3 is 6.18 Å². The van der Waals surface area contributed by atoms with Crippen molar-refractivity contribution in [3.05, 3.63) is 18.0 Å². The summed E-state index contributed by atoms with van der Waals surface area (Å²) in [5.41, 5.74) is -1.08. The van der Waals surface area contributed by atoms with E-state index in [2.05, 4.69) is 15.3 Å². The number of alkyl halides is 3. The van der Waals surface area contributed by atoms with Crippen LogP contribution in [0.4, 0.5) is 19.1 Å². The summed E-state index contributed by atoms with van der Waals surface area (Å²) in [6.07, 6.45) is -3.44. The predicted octanol–water partition coefficient (Wildman–Crippen LogP) is 1.84. The zero-order valence-corrected chi connectivity index (χ0v) is 7.80. The number of hydrogen-bond acceptors (Lipinski definition) is 3. The van der Waals surface area contributed by atoms with Crippen LogP contribution in [0.15, 0.2) is 12.3 Å². The van der Waals surface area contributed by atoms with E-state index in [-0.39, 0.29) is 12.4 Å². The van der Waals surface area contributed by atoms with Gasteiger partial charge in [0, 0.05) is 12.6 Å². The first-order valence-electron chi connectivity index (χ1n) is 4.13. The summed E-state index contributed by atoms with van der Waals surface area (Å²) >= 11 is 0. The van der Waals surface area contributed by atoms with Gasteiger partial charge in [0.2, 0.25) is 11.9 Å². The molecule has 0 aromatic carbocycles. The van der Waals surface area contributed by atoms with Crippen molar-refractivity contribution in [3.63, 3.8) is 0 Å². The first-order valence-corrected chi connectivity index (χ1v) is 4.13. The van der Waals surface area contributed by atoms with E-state index in [0.717, 1.165) is 12.3 Å². The molecule has 0 radical (unpaired) electrons. The van der Waals surface area contributed by atoms with Gasteiger partial charge in [-0.25, -0.2) is 9.97 Å². The first kappa shape index (κ1) is 11.4.